The minimum Gasteiger partial charge on any atom is -0.490 e. The second-order valence-corrected chi connectivity index (χ2v) is 10.4. The summed E-state index contributed by atoms with van der Waals surface area (Å²) in [6.07, 6.45) is 1.00. The number of anilines is 1. The van der Waals surface area contributed by atoms with Crippen LogP contribution >= 0.6 is 27.7 Å². The molecule has 1 atom stereocenters. The van der Waals surface area contributed by atoms with Crippen molar-refractivity contribution in [2.24, 2.45) is 5.73 Å². The number of nitrogens with one attached hydrogen (secondary N) is 1. The number of primary amides is 1. The van der Waals surface area contributed by atoms with Crippen LogP contribution in [0.1, 0.15) is 49.9 Å². The zero-order chi connectivity index (χ0) is 25.8. The number of halogens is 1. The fourth-order valence-electron chi connectivity index (χ4n) is 4.00. The molecular weight excluding hydrogens is 542 g/mol. The monoisotopic (exact) mass is 571 g/mol. The number of benzene rings is 2. The smallest absolute Gasteiger partial charge is 0.248 e. The summed E-state index contributed by atoms with van der Waals surface area (Å²) in [7, 11) is 0. The first-order valence-electron chi connectivity index (χ1n) is 11.8. The van der Waals surface area contributed by atoms with Gasteiger partial charge in [0.15, 0.2) is 11.5 Å². The van der Waals surface area contributed by atoms with Gasteiger partial charge in [-0.15, -0.1) is 5.10 Å². The average Bonchev–Trinajstić information content (AvgIpc) is 3.24. The Kier molecular flexibility index (Phi) is 8.25. The van der Waals surface area contributed by atoms with Gasteiger partial charge in [0.25, 0.3) is 0 Å². The van der Waals surface area contributed by atoms with Gasteiger partial charge < -0.3 is 20.5 Å². The lowest BCUT2D eigenvalue weighted by Gasteiger charge is -2.28. The summed E-state index contributed by atoms with van der Waals surface area (Å²) < 4.78 is 14.6. The van der Waals surface area contributed by atoms with Crippen molar-refractivity contribution in [2.75, 3.05) is 17.7 Å². The van der Waals surface area contributed by atoms with Gasteiger partial charge in [-0.2, -0.15) is 4.98 Å². The minimum atomic E-state index is -0.566. The Morgan fingerprint density at radius 1 is 1.19 bits per heavy atom. The van der Waals surface area contributed by atoms with Crippen LogP contribution in [0.4, 0.5) is 5.95 Å². The van der Waals surface area contributed by atoms with Gasteiger partial charge in [-0.05, 0) is 66.4 Å². The van der Waals surface area contributed by atoms with E-state index in [1.54, 1.807) is 16.4 Å². The predicted molar refractivity (Wildman–Crippen MR) is 146 cm³/mol. The third-order valence-corrected chi connectivity index (χ3v) is 7.32. The maximum absolute atomic E-state index is 12.6. The number of allylic oxidation sites excluding steroid dienone is 1. The number of aromatic nitrogens is 3. The molecule has 0 saturated carbocycles. The Morgan fingerprint density at radius 3 is 2.61 bits per heavy atom. The van der Waals surface area contributed by atoms with E-state index >= 15 is 0 Å². The van der Waals surface area contributed by atoms with E-state index in [-0.39, 0.29) is 0 Å². The molecule has 4 rings (SSSR count). The number of hydrogen-bond donors (Lipinski definition) is 2. The lowest BCUT2D eigenvalue weighted by molar-refractivity contribution is -0.115. The van der Waals surface area contributed by atoms with E-state index in [1.807, 2.05) is 38.1 Å². The highest BCUT2D eigenvalue weighted by atomic mass is 79.9. The zero-order valence-electron chi connectivity index (χ0n) is 20.8. The molecule has 1 amide bonds. The predicted octanol–water partition coefficient (Wildman–Crippen LogP) is 5.60. The number of aryl methyl sites for hydroxylation is 1. The second kappa shape index (κ2) is 11.4. The Hall–Kier alpha value is -2.98. The van der Waals surface area contributed by atoms with E-state index in [0.29, 0.717) is 51.6 Å². The number of hydrogen-bond acceptors (Lipinski definition) is 7. The van der Waals surface area contributed by atoms with Crippen LogP contribution in [0.15, 0.2) is 57.3 Å². The summed E-state index contributed by atoms with van der Waals surface area (Å²) in [5.74, 6) is 2.10. The van der Waals surface area contributed by atoms with Gasteiger partial charge in [-0.3, -0.25) is 4.79 Å². The number of carbonyl (C=O) groups is 1. The van der Waals surface area contributed by atoms with Gasteiger partial charge in [0, 0.05) is 11.4 Å². The van der Waals surface area contributed by atoms with E-state index in [0.717, 1.165) is 23.3 Å². The lowest BCUT2D eigenvalue weighted by atomic mass is 9.95. The molecule has 0 bridgehead atoms. The number of nitrogens with zero attached hydrogens (tertiary/aromatic N) is 3. The quantitative estimate of drug-likeness (QED) is 0.305. The van der Waals surface area contributed by atoms with Gasteiger partial charge in [-0.25, -0.2) is 4.68 Å². The van der Waals surface area contributed by atoms with Crippen molar-refractivity contribution < 1.29 is 14.3 Å². The third kappa shape index (κ3) is 5.54. The molecule has 1 aromatic heterocycles. The summed E-state index contributed by atoms with van der Waals surface area (Å²) >= 11 is 5.24. The van der Waals surface area contributed by atoms with E-state index < -0.39 is 11.9 Å². The summed E-state index contributed by atoms with van der Waals surface area (Å²) in [4.78, 5) is 17.2. The second-order valence-electron chi connectivity index (χ2n) is 8.48. The van der Waals surface area contributed by atoms with Gasteiger partial charge >= 0.3 is 0 Å². The highest BCUT2D eigenvalue weighted by molar-refractivity contribution is 9.10. The first-order valence-corrected chi connectivity index (χ1v) is 13.6. The molecule has 3 aromatic rings. The molecule has 1 aliphatic heterocycles. The fraction of sp³-hybridized carbons (Fsp3) is 0.346. The summed E-state index contributed by atoms with van der Waals surface area (Å²) in [6.45, 7) is 8.74. The van der Waals surface area contributed by atoms with Crippen LogP contribution in [0.2, 0.25) is 0 Å². The minimum absolute atomic E-state index is 0.391. The van der Waals surface area contributed by atoms with Crippen LogP contribution in [-0.4, -0.2) is 33.0 Å². The molecule has 0 fully saturated rings. The number of ether oxygens (including phenoxy) is 2. The molecule has 0 radical (unpaired) electrons. The van der Waals surface area contributed by atoms with Crippen molar-refractivity contribution in [1.82, 2.24) is 14.8 Å². The van der Waals surface area contributed by atoms with Crippen molar-refractivity contribution in [3.8, 4) is 11.5 Å². The van der Waals surface area contributed by atoms with E-state index in [1.165, 1.54) is 5.56 Å². The maximum Gasteiger partial charge on any atom is 0.248 e. The summed E-state index contributed by atoms with van der Waals surface area (Å²) in [6, 6.07) is 11.4. The van der Waals surface area contributed by atoms with Crippen molar-refractivity contribution in [3.63, 3.8) is 0 Å². The van der Waals surface area contributed by atoms with Gasteiger partial charge in [0.2, 0.25) is 17.0 Å². The summed E-state index contributed by atoms with van der Waals surface area (Å²) in [5.41, 5.74) is 9.93. The van der Waals surface area contributed by atoms with Crippen molar-refractivity contribution >= 4 is 39.5 Å². The summed E-state index contributed by atoms with van der Waals surface area (Å²) in [5, 5.41) is 8.53. The number of nitrogens with two attached hydrogens (primary N) is 1. The number of thioether (sulfide) groups is 1. The Bertz CT molecular complexity index is 1290. The Morgan fingerprint density at radius 2 is 1.94 bits per heavy atom. The van der Waals surface area contributed by atoms with Crippen LogP contribution in [0.5, 0.6) is 11.5 Å². The number of fused-ring (bicyclic) bond motifs is 1. The number of amides is 1. The van der Waals surface area contributed by atoms with Gasteiger partial charge in [0.05, 0.1) is 16.7 Å². The topological polar surface area (TPSA) is 104 Å². The standard InChI is InChI=1S/C26H30BrN5O3S/c1-5-11-36-26-30-25-29-16(4)21(24(28)33)22(32(25)31-26)18-12-19(27)23(20(13-18)34-6-2)35-14-17-9-7-15(3)8-10-17/h7-10,12-13,22H,5-6,11,14H2,1-4H3,(H2,28,33)(H,29,30,31). The zero-order valence-corrected chi connectivity index (χ0v) is 23.2. The van der Waals surface area contributed by atoms with Crippen molar-refractivity contribution in [3.05, 3.63) is 68.8 Å². The van der Waals surface area contributed by atoms with Crippen molar-refractivity contribution in [1.29, 1.82) is 0 Å². The van der Waals surface area contributed by atoms with E-state index in [2.05, 4.69) is 52.2 Å². The molecule has 10 heteroatoms. The molecule has 36 heavy (non-hydrogen) atoms. The highest BCUT2D eigenvalue weighted by Crippen LogP contribution is 2.43. The number of rotatable bonds is 10. The van der Waals surface area contributed by atoms with Crippen LogP contribution in [0.25, 0.3) is 0 Å². The Labute approximate surface area is 223 Å². The fourth-order valence-corrected chi connectivity index (χ4v) is 5.26. The maximum atomic E-state index is 12.6. The van der Waals surface area contributed by atoms with E-state index in [4.69, 9.17) is 20.3 Å². The molecule has 0 saturated heterocycles. The van der Waals surface area contributed by atoms with Crippen LogP contribution in [0.3, 0.4) is 0 Å². The normalized spacial score (nSPS) is 14.9. The van der Waals surface area contributed by atoms with E-state index in [9.17, 15) is 4.79 Å². The largest absolute Gasteiger partial charge is 0.490 e. The van der Waals surface area contributed by atoms with Crippen molar-refractivity contribution in [2.45, 2.75) is 51.9 Å². The highest BCUT2D eigenvalue weighted by Gasteiger charge is 2.34. The molecule has 1 aliphatic rings. The molecule has 0 aliphatic carbocycles. The first-order chi connectivity index (χ1) is 17.3. The third-order valence-electron chi connectivity index (χ3n) is 5.69. The average molecular weight is 573 g/mol. The van der Waals surface area contributed by atoms with Crippen LogP contribution in [-0.2, 0) is 11.4 Å². The molecule has 0 spiro atoms. The van der Waals surface area contributed by atoms with Gasteiger partial charge in [0.1, 0.15) is 12.6 Å². The first kappa shape index (κ1) is 26.1. The van der Waals surface area contributed by atoms with Crippen LogP contribution < -0.4 is 20.5 Å². The molecule has 3 N–H and O–H groups in total. The molecule has 1 unspecified atom stereocenters. The molecule has 2 aromatic carbocycles. The molecular formula is C26H30BrN5O3S. The Balaban J connectivity index is 1.75. The number of carbonyl (C=O) groups excluding carboxylic acids is 1. The van der Waals surface area contributed by atoms with Gasteiger partial charge in [-0.1, -0.05) is 48.5 Å². The van der Waals surface area contributed by atoms with Crippen LogP contribution in [0, 0.1) is 6.92 Å². The SMILES string of the molecule is CCCSc1nc2n(n1)C(c1cc(Br)c(OCc3ccc(C)cc3)c(OCC)c1)C(C(N)=O)=C(C)N2. The lowest BCUT2D eigenvalue weighted by Crippen LogP contribution is -2.32. The molecule has 2 heterocycles. The molecule has 190 valence electrons. The molecule has 8 nitrogen and oxygen atoms in total.